The fourth-order valence-corrected chi connectivity index (χ4v) is 2.21. The van der Waals surface area contributed by atoms with Crippen LogP contribution in [0, 0.1) is 0 Å². The topological polar surface area (TPSA) is 50.8 Å². The number of rotatable bonds is 6. The highest BCUT2D eigenvalue weighted by molar-refractivity contribution is 5.71. The van der Waals surface area contributed by atoms with E-state index < -0.39 is 0 Å². The molecule has 0 unspecified atom stereocenters. The summed E-state index contributed by atoms with van der Waals surface area (Å²) < 4.78 is 10.3. The summed E-state index contributed by atoms with van der Waals surface area (Å²) >= 11 is 0. The van der Waals surface area contributed by atoms with Gasteiger partial charge >= 0.3 is 5.97 Å². The molecule has 1 aliphatic rings. The summed E-state index contributed by atoms with van der Waals surface area (Å²) in [4.78, 5) is 13.7. The van der Waals surface area contributed by atoms with Crippen LogP contribution in [0.2, 0.25) is 0 Å². The molecule has 1 N–H and O–H groups in total. The van der Waals surface area contributed by atoms with Crippen LogP contribution in [-0.2, 0) is 16.1 Å². The normalized spacial score (nSPS) is 15.8. The van der Waals surface area contributed by atoms with Crippen LogP contribution < -0.4 is 10.1 Å². The zero-order valence-electron chi connectivity index (χ0n) is 11.9. The lowest BCUT2D eigenvalue weighted by molar-refractivity contribution is -0.145. The molecule has 1 heterocycles. The first-order chi connectivity index (χ1) is 9.78. The number of benzene rings is 1. The van der Waals surface area contributed by atoms with Gasteiger partial charge in [-0.3, -0.25) is 4.90 Å². The molecule has 20 heavy (non-hydrogen) atoms. The van der Waals surface area contributed by atoms with Crippen molar-refractivity contribution in [1.82, 2.24) is 10.2 Å². The molecule has 0 amide bonds. The van der Waals surface area contributed by atoms with Crippen molar-refractivity contribution in [3.63, 3.8) is 0 Å². The molecule has 0 spiro atoms. The first-order valence-corrected chi connectivity index (χ1v) is 7.08. The lowest BCUT2D eigenvalue weighted by atomic mass is 10.2. The van der Waals surface area contributed by atoms with Crippen LogP contribution in [0.3, 0.4) is 0 Å². The van der Waals surface area contributed by atoms with E-state index in [0.29, 0.717) is 12.4 Å². The number of nitrogens with one attached hydrogen (secondary N) is 1. The van der Waals surface area contributed by atoms with E-state index in [9.17, 15) is 4.79 Å². The molecule has 5 nitrogen and oxygen atoms in total. The van der Waals surface area contributed by atoms with Crippen molar-refractivity contribution in [2.45, 2.75) is 13.5 Å². The van der Waals surface area contributed by atoms with Crippen LogP contribution in [0.1, 0.15) is 12.5 Å². The second-order valence-corrected chi connectivity index (χ2v) is 4.77. The van der Waals surface area contributed by atoms with Crippen molar-refractivity contribution in [3.05, 3.63) is 29.8 Å². The van der Waals surface area contributed by atoms with E-state index in [1.807, 2.05) is 18.2 Å². The number of hydrogen-bond acceptors (Lipinski definition) is 5. The summed E-state index contributed by atoms with van der Waals surface area (Å²) in [5, 5.41) is 3.34. The number of hydrogen-bond donors (Lipinski definition) is 1. The zero-order chi connectivity index (χ0) is 14.2. The van der Waals surface area contributed by atoms with Crippen LogP contribution in [0.5, 0.6) is 5.75 Å². The summed E-state index contributed by atoms with van der Waals surface area (Å²) in [7, 11) is 0. The maximum atomic E-state index is 11.3. The van der Waals surface area contributed by atoms with Crippen LogP contribution in [0.4, 0.5) is 0 Å². The lowest BCUT2D eigenvalue weighted by Gasteiger charge is -2.27. The number of esters is 1. The first-order valence-electron chi connectivity index (χ1n) is 7.08. The van der Waals surface area contributed by atoms with Crippen molar-refractivity contribution in [3.8, 4) is 5.75 Å². The van der Waals surface area contributed by atoms with Gasteiger partial charge in [0.1, 0.15) is 5.75 Å². The van der Waals surface area contributed by atoms with E-state index in [2.05, 4.69) is 16.3 Å². The Kier molecular flexibility index (Phi) is 5.83. The van der Waals surface area contributed by atoms with Crippen molar-refractivity contribution >= 4 is 5.97 Å². The minimum absolute atomic E-state index is 0.0368. The zero-order valence-corrected chi connectivity index (χ0v) is 11.9. The van der Waals surface area contributed by atoms with Crippen LogP contribution in [-0.4, -0.2) is 50.3 Å². The largest absolute Gasteiger partial charge is 0.482 e. The van der Waals surface area contributed by atoms with Gasteiger partial charge in [-0.2, -0.15) is 0 Å². The van der Waals surface area contributed by atoms with Gasteiger partial charge in [0, 0.05) is 32.7 Å². The van der Waals surface area contributed by atoms with Crippen molar-refractivity contribution < 1.29 is 14.3 Å². The van der Waals surface area contributed by atoms with Crippen molar-refractivity contribution in [2.24, 2.45) is 0 Å². The molecular weight excluding hydrogens is 256 g/mol. The fourth-order valence-electron chi connectivity index (χ4n) is 2.21. The summed E-state index contributed by atoms with van der Waals surface area (Å²) in [6.45, 7) is 7.25. The van der Waals surface area contributed by atoms with Crippen molar-refractivity contribution in [2.75, 3.05) is 39.4 Å². The predicted molar refractivity (Wildman–Crippen MR) is 76.7 cm³/mol. The Balaban J connectivity index is 1.85. The molecule has 0 saturated carbocycles. The molecule has 2 rings (SSSR count). The Morgan fingerprint density at radius 1 is 1.35 bits per heavy atom. The third-order valence-electron chi connectivity index (χ3n) is 3.18. The van der Waals surface area contributed by atoms with Crippen LogP contribution in [0.25, 0.3) is 0 Å². The van der Waals surface area contributed by atoms with E-state index in [1.165, 1.54) is 5.56 Å². The SMILES string of the molecule is CCOC(=O)COc1cccc(CN2CCNCC2)c1. The van der Waals surface area contributed by atoms with Gasteiger partial charge in [0.15, 0.2) is 6.61 Å². The number of carbonyl (C=O) groups excluding carboxylic acids is 1. The third kappa shape index (κ3) is 4.83. The van der Waals surface area contributed by atoms with E-state index in [1.54, 1.807) is 6.92 Å². The van der Waals surface area contributed by atoms with E-state index in [-0.39, 0.29) is 12.6 Å². The number of piperazine rings is 1. The van der Waals surface area contributed by atoms with E-state index >= 15 is 0 Å². The van der Waals surface area contributed by atoms with E-state index in [0.717, 1.165) is 32.7 Å². The van der Waals surface area contributed by atoms with Gasteiger partial charge in [0.2, 0.25) is 0 Å². The Hall–Kier alpha value is -1.59. The average molecular weight is 278 g/mol. The number of ether oxygens (including phenoxy) is 2. The lowest BCUT2D eigenvalue weighted by Crippen LogP contribution is -2.42. The molecule has 1 aromatic carbocycles. The molecule has 1 aliphatic heterocycles. The van der Waals surface area contributed by atoms with Gasteiger partial charge in [-0.05, 0) is 24.6 Å². The van der Waals surface area contributed by atoms with Gasteiger partial charge < -0.3 is 14.8 Å². The summed E-state index contributed by atoms with van der Waals surface area (Å²) in [6, 6.07) is 7.89. The Labute approximate surface area is 119 Å². The van der Waals surface area contributed by atoms with E-state index in [4.69, 9.17) is 9.47 Å². The van der Waals surface area contributed by atoms with Crippen LogP contribution >= 0.6 is 0 Å². The highest BCUT2D eigenvalue weighted by Gasteiger charge is 2.10. The molecule has 1 saturated heterocycles. The maximum absolute atomic E-state index is 11.3. The van der Waals surface area contributed by atoms with Gasteiger partial charge in [0.25, 0.3) is 0 Å². The molecule has 0 atom stereocenters. The van der Waals surface area contributed by atoms with Gasteiger partial charge in [0.05, 0.1) is 6.61 Å². The molecule has 0 aromatic heterocycles. The first kappa shape index (κ1) is 14.8. The molecule has 5 heteroatoms. The Morgan fingerprint density at radius 2 is 2.15 bits per heavy atom. The monoisotopic (exact) mass is 278 g/mol. The summed E-state index contributed by atoms with van der Waals surface area (Å²) in [5.74, 6) is 0.380. The maximum Gasteiger partial charge on any atom is 0.344 e. The van der Waals surface area contributed by atoms with Crippen LogP contribution in [0.15, 0.2) is 24.3 Å². The molecule has 1 fully saturated rings. The summed E-state index contributed by atoms with van der Waals surface area (Å²) in [6.07, 6.45) is 0. The van der Waals surface area contributed by atoms with Gasteiger partial charge in [-0.25, -0.2) is 4.79 Å². The molecular formula is C15H22N2O3. The molecule has 0 aliphatic carbocycles. The highest BCUT2D eigenvalue weighted by atomic mass is 16.6. The predicted octanol–water partition coefficient (Wildman–Crippen LogP) is 1.03. The molecule has 0 bridgehead atoms. The standard InChI is InChI=1S/C15H22N2O3/c1-2-19-15(18)12-20-14-5-3-4-13(10-14)11-17-8-6-16-7-9-17/h3-5,10,16H,2,6-9,11-12H2,1H3. The number of nitrogens with zero attached hydrogens (tertiary/aromatic N) is 1. The van der Waals surface area contributed by atoms with Crippen molar-refractivity contribution in [1.29, 1.82) is 0 Å². The molecule has 1 aromatic rings. The quantitative estimate of drug-likeness (QED) is 0.788. The van der Waals surface area contributed by atoms with Gasteiger partial charge in [-0.1, -0.05) is 12.1 Å². The molecule has 110 valence electrons. The second kappa shape index (κ2) is 7.87. The average Bonchev–Trinajstić information content (AvgIpc) is 2.47. The third-order valence-corrected chi connectivity index (χ3v) is 3.18. The second-order valence-electron chi connectivity index (χ2n) is 4.77. The smallest absolute Gasteiger partial charge is 0.344 e. The summed E-state index contributed by atoms with van der Waals surface area (Å²) in [5.41, 5.74) is 1.20. The number of carbonyl (C=O) groups is 1. The van der Waals surface area contributed by atoms with Gasteiger partial charge in [-0.15, -0.1) is 0 Å². The highest BCUT2D eigenvalue weighted by Crippen LogP contribution is 2.15. The fraction of sp³-hybridized carbons (Fsp3) is 0.533. The Morgan fingerprint density at radius 3 is 2.90 bits per heavy atom. The minimum Gasteiger partial charge on any atom is -0.482 e. The Bertz CT molecular complexity index is 431. The molecule has 0 radical (unpaired) electrons. The minimum atomic E-state index is -0.333.